The van der Waals surface area contributed by atoms with Crippen molar-refractivity contribution in [1.82, 2.24) is 0 Å². The molecular weight excluding hydrogens is 484 g/mol. The van der Waals surface area contributed by atoms with E-state index in [-0.39, 0.29) is 10.8 Å². The summed E-state index contributed by atoms with van der Waals surface area (Å²) in [6.07, 6.45) is 10.9. The van der Waals surface area contributed by atoms with Gasteiger partial charge in [-0.05, 0) is 126 Å². The second-order valence-electron chi connectivity index (χ2n) is 12.8. The summed E-state index contributed by atoms with van der Waals surface area (Å²) < 4.78 is 10.6. The first kappa shape index (κ1) is 26.1. The van der Waals surface area contributed by atoms with Gasteiger partial charge in [-0.25, -0.2) is 0 Å². The number of fused-ring (bicyclic) bond motifs is 5. The fraction of sp³-hybridized carbons (Fsp3) is 0.486. The van der Waals surface area contributed by atoms with Gasteiger partial charge < -0.3 is 9.47 Å². The summed E-state index contributed by atoms with van der Waals surface area (Å²) in [6.45, 7) is 4.69. The van der Waals surface area contributed by atoms with Crippen LogP contribution in [0.1, 0.15) is 69.9 Å². The van der Waals surface area contributed by atoms with Gasteiger partial charge in [0.2, 0.25) is 0 Å². The Morgan fingerprint density at radius 1 is 0.744 bits per heavy atom. The normalized spacial score (nSPS) is 35.9. The van der Waals surface area contributed by atoms with Crippen LogP contribution >= 0.6 is 0 Å². The Hall–Kier alpha value is -3.14. The number of benzene rings is 2. The van der Waals surface area contributed by atoms with Crippen molar-refractivity contribution < 1.29 is 19.1 Å². The second kappa shape index (κ2) is 9.80. The van der Waals surface area contributed by atoms with Crippen LogP contribution in [0.25, 0.3) is 12.2 Å². The molecule has 4 heteroatoms. The van der Waals surface area contributed by atoms with Crippen LogP contribution < -0.4 is 9.47 Å². The lowest BCUT2D eigenvalue weighted by Crippen LogP contribution is -2.54. The summed E-state index contributed by atoms with van der Waals surface area (Å²) in [4.78, 5) is 27.1. The van der Waals surface area contributed by atoms with Crippen molar-refractivity contribution in [2.45, 2.75) is 58.8 Å². The molecule has 6 atom stereocenters. The highest BCUT2D eigenvalue weighted by Gasteiger charge is 2.61. The van der Waals surface area contributed by atoms with Gasteiger partial charge in [-0.2, -0.15) is 0 Å². The Morgan fingerprint density at radius 2 is 1.33 bits per heavy atom. The first-order chi connectivity index (χ1) is 18.7. The second-order valence-corrected chi connectivity index (χ2v) is 12.8. The number of allylic oxidation sites excluding steroid dienone is 2. The Bertz CT molecular complexity index is 1330. The van der Waals surface area contributed by atoms with Crippen LogP contribution in [-0.2, 0) is 9.59 Å². The zero-order valence-electron chi connectivity index (χ0n) is 23.7. The molecule has 0 saturated heterocycles. The van der Waals surface area contributed by atoms with Crippen LogP contribution in [0.3, 0.4) is 0 Å². The van der Waals surface area contributed by atoms with Crippen molar-refractivity contribution in [1.29, 1.82) is 0 Å². The van der Waals surface area contributed by atoms with Gasteiger partial charge in [-0.3, -0.25) is 9.59 Å². The minimum absolute atomic E-state index is 0.0992. The van der Waals surface area contributed by atoms with Gasteiger partial charge in [-0.15, -0.1) is 0 Å². The molecule has 4 aliphatic rings. The maximum atomic E-state index is 13.8. The van der Waals surface area contributed by atoms with Gasteiger partial charge in [0, 0.05) is 11.8 Å². The van der Waals surface area contributed by atoms with E-state index in [1.165, 1.54) is 0 Å². The molecule has 0 bridgehead atoms. The number of ether oxygens (including phenoxy) is 2. The zero-order valence-corrected chi connectivity index (χ0v) is 23.7. The SMILES string of the molecule is COc1ccc(/C=C2/CC3(C)C4CCC5(C)C(=O)/C(=C/c6ccc(OC)cc6)CC5C4CC[C@H]3CC2=O)cc1. The van der Waals surface area contributed by atoms with E-state index in [1.807, 2.05) is 48.5 Å². The van der Waals surface area contributed by atoms with E-state index >= 15 is 0 Å². The highest BCUT2D eigenvalue weighted by Crippen LogP contribution is 2.66. The Kier molecular flexibility index (Phi) is 6.56. The monoisotopic (exact) mass is 524 g/mol. The van der Waals surface area contributed by atoms with E-state index in [0.717, 1.165) is 72.3 Å². The van der Waals surface area contributed by atoms with Crippen molar-refractivity contribution in [3.8, 4) is 11.5 Å². The van der Waals surface area contributed by atoms with Crippen LogP contribution in [0.5, 0.6) is 11.5 Å². The Balaban J connectivity index is 1.27. The first-order valence-electron chi connectivity index (χ1n) is 14.5. The molecular formula is C35H40O4. The number of hydrogen-bond donors (Lipinski definition) is 0. The predicted molar refractivity (Wildman–Crippen MR) is 154 cm³/mol. The van der Waals surface area contributed by atoms with Crippen LogP contribution in [0.15, 0.2) is 59.7 Å². The van der Waals surface area contributed by atoms with Gasteiger partial charge in [0.05, 0.1) is 14.2 Å². The van der Waals surface area contributed by atoms with Crippen molar-refractivity contribution in [2.75, 3.05) is 14.2 Å². The lowest BCUT2D eigenvalue weighted by Gasteiger charge is -2.59. The van der Waals surface area contributed by atoms with Crippen LogP contribution in [0.4, 0.5) is 0 Å². The van der Waals surface area contributed by atoms with Crippen LogP contribution in [-0.4, -0.2) is 25.8 Å². The molecule has 0 aliphatic heterocycles. The predicted octanol–water partition coefficient (Wildman–Crippen LogP) is 7.57. The molecule has 4 fully saturated rings. The van der Waals surface area contributed by atoms with Gasteiger partial charge >= 0.3 is 0 Å². The summed E-state index contributed by atoms with van der Waals surface area (Å²) in [5.41, 5.74) is 3.90. The standard InChI is InChI=1S/C35H40O4/c1-34-16-15-30-29(31(34)19-24(33(34)37)17-22-5-10-27(38-3)11-6-22)14-9-26-20-32(36)25(21-35(26,30)2)18-23-7-12-28(39-4)13-8-23/h5-8,10-13,17-18,26,29-31H,9,14-16,19-21H2,1-4H3/b24-17+,25-18-/t26-,29?,30?,31?,34?,35?/m0/s1. The summed E-state index contributed by atoms with van der Waals surface area (Å²) in [7, 11) is 3.34. The van der Waals surface area contributed by atoms with E-state index in [0.29, 0.717) is 41.7 Å². The van der Waals surface area contributed by atoms with E-state index < -0.39 is 0 Å². The molecule has 0 radical (unpaired) electrons. The molecule has 0 spiro atoms. The van der Waals surface area contributed by atoms with Crippen molar-refractivity contribution in [3.63, 3.8) is 0 Å². The first-order valence-corrected chi connectivity index (χ1v) is 14.5. The smallest absolute Gasteiger partial charge is 0.165 e. The lowest BCUT2D eigenvalue weighted by atomic mass is 9.45. The zero-order chi connectivity index (χ0) is 27.4. The third-order valence-corrected chi connectivity index (χ3v) is 11.0. The maximum Gasteiger partial charge on any atom is 0.165 e. The summed E-state index contributed by atoms with van der Waals surface area (Å²) >= 11 is 0. The highest BCUT2D eigenvalue weighted by atomic mass is 16.5. The van der Waals surface area contributed by atoms with Gasteiger partial charge in [0.15, 0.2) is 11.6 Å². The lowest BCUT2D eigenvalue weighted by molar-refractivity contribution is -0.139. The number of rotatable bonds is 4. The molecule has 0 aromatic heterocycles. The highest BCUT2D eigenvalue weighted by molar-refractivity contribution is 6.06. The summed E-state index contributed by atoms with van der Waals surface area (Å²) in [5.74, 6) is 4.23. The molecule has 0 heterocycles. The average Bonchev–Trinajstić information content (AvgIpc) is 3.20. The molecule has 0 N–H and O–H groups in total. The van der Waals surface area contributed by atoms with Gasteiger partial charge in [0.1, 0.15) is 11.5 Å². The molecule has 6 rings (SSSR count). The molecule has 2 aromatic rings. The molecule has 0 amide bonds. The summed E-state index contributed by atoms with van der Waals surface area (Å²) in [5, 5.41) is 0. The van der Waals surface area contributed by atoms with Gasteiger partial charge in [-0.1, -0.05) is 38.1 Å². The topological polar surface area (TPSA) is 52.6 Å². The minimum atomic E-state index is -0.269. The number of carbonyl (C=O) groups is 2. The average molecular weight is 525 g/mol. The largest absolute Gasteiger partial charge is 0.497 e. The maximum absolute atomic E-state index is 13.8. The molecule has 4 aliphatic carbocycles. The number of Topliss-reactive ketones (excluding diaryl/α,β-unsaturated/α-hetero) is 2. The van der Waals surface area contributed by atoms with E-state index in [4.69, 9.17) is 9.47 Å². The van der Waals surface area contributed by atoms with E-state index in [1.54, 1.807) is 14.2 Å². The van der Waals surface area contributed by atoms with Crippen molar-refractivity contribution in [3.05, 3.63) is 70.8 Å². The quantitative estimate of drug-likeness (QED) is 0.387. The molecule has 2 aromatic carbocycles. The third kappa shape index (κ3) is 4.37. The number of carbonyl (C=O) groups excluding carboxylic acids is 2. The molecule has 204 valence electrons. The number of ketones is 2. The molecule has 4 nitrogen and oxygen atoms in total. The number of methoxy groups -OCH3 is 2. The van der Waals surface area contributed by atoms with Crippen LogP contribution in [0, 0.1) is 34.5 Å². The molecule has 39 heavy (non-hydrogen) atoms. The third-order valence-electron chi connectivity index (χ3n) is 11.0. The fourth-order valence-corrected chi connectivity index (χ4v) is 8.74. The molecule has 4 saturated carbocycles. The van der Waals surface area contributed by atoms with E-state index in [2.05, 4.69) is 26.0 Å². The van der Waals surface area contributed by atoms with Crippen molar-refractivity contribution in [2.24, 2.45) is 34.5 Å². The van der Waals surface area contributed by atoms with Crippen LogP contribution in [0.2, 0.25) is 0 Å². The van der Waals surface area contributed by atoms with E-state index in [9.17, 15) is 9.59 Å². The van der Waals surface area contributed by atoms with Gasteiger partial charge in [0.25, 0.3) is 0 Å². The number of hydrogen-bond acceptors (Lipinski definition) is 4. The molecule has 5 unspecified atom stereocenters. The Labute approximate surface area is 232 Å². The fourth-order valence-electron chi connectivity index (χ4n) is 8.74. The minimum Gasteiger partial charge on any atom is -0.497 e. The Morgan fingerprint density at radius 3 is 1.92 bits per heavy atom. The van der Waals surface area contributed by atoms with Crippen molar-refractivity contribution >= 4 is 23.7 Å². The summed E-state index contributed by atoms with van der Waals surface area (Å²) in [6, 6.07) is 16.0.